The Balaban J connectivity index is 1.63. The molecular formula is C21H18Cl2N2O2S. The molecule has 7 heteroatoms. The Bertz CT molecular complexity index is 931. The Morgan fingerprint density at radius 2 is 2.04 bits per heavy atom. The Kier molecular flexibility index (Phi) is 7.60. The highest BCUT2D eigenvalue weighted by Gasteiger charge is 2.21. The molecule has 2 aromatic carbocycles. The van der Waals surface area contributed by atoms with Crippen LogP contribution in [0.15, 0.2) is 73.3 Å². The molecule has 144 valence electrons. The van der Waals surface area contributed by atoms with Gasteiger partial charge in [-0.15, -0.1) is 0 Å². The van der Waals surface area contributed by atoms with Gasteiger partial charge in [-0.3, -0.25) is 0 Å². The minimum atomic E-state index is -0.367. The van der Waals surface area contributed by atoms with Crippen molar-refractivity contribution in [1.82, 2.24) is 9.55 Å². The molecule has 0 radical (unpaired) electrons. The molecule has 0 N–H and O–H groups in total. The maximum atomic E-state index is 12.4. The highest BCUT2D eigenvalue weighted by atomic mass is 35.5. The first-order valence-electron chi connectivity index (χ1n) is 8.57. The molecule has 1 atom stereocenters. The summed E-state index contributed by atoms with van der Waals surface area (Å²) in [6, 6.07) is 15.1. The number of hydrogen-bond acceptors (Lipinski definition) is 4. The van der Waals surface area contributed by atoms with Crippen molar-refractivity contribution >= 4 is 46.3 Å². The monoisotopic (exact) mass is 432 g/mol. The van der Waals surface area contributed by atoms with Crippen LogP contribution in [0.3, 0.4) is 0 Å². The number of nitrogens with zero attached hydrogens (tertiary/aromatic N) is 2. The Morgan fingerprint density at radius 3 is 2.75 bits per heavy atom. The van der Waals surface area contributed by atoms with Crippen molar-refractivity contribution < 1.29 is 9.53 Å². The van der Waals surface area contributed by atoms with E-state index in [4.69, 9.17) is 27.9 Å². The third-order valence-electron chi connectivity index (χ3n) is 3.89. The Morgan fingerprint density at radius 1 is 1.21 bits per heavy atom. The first-order chi connectivity index (χ1) is 13.6. The second kappa shape index (κ2) is 10.4. The molecule has 0 saturated carbocycles. The number of thioether (sulfide) groups is 1. The highest BCUT2D eigenvalue weighted by molar-refractivity contribution is 8.13. The van der Waals surface area contributed by atoms with E-state index >= 15 is 0 Å². The number of aromatic nitrogens is 2. The van der Waals surface area contributed by atoms with Crippen molar-refractivity contribution in [2.75, 3.05) is 6.61 Å². The van der Waals surface area contributed by atoms with Gasteiger partial charge in [0.25, 0.3) is 0 Å². The zero-order valence-corrected chi connectivity index (χ0v) is 17.2. The number of hydrogen-bond donors (Lipinski definition) is 0. The molecule has 1 aromatic heterocycles. The first-order valence-corrected chi connectivity index (χ1v) is 10.2. The average Bonchev–Trinajstić information content (AvgIpc) is 3.19. The van der Waals surface area contributed by atoms with Crippen LogP contribution in [0.25, 0.3) is 6.08 Å². The Hall–Kier alpha value is -2.21. The number of ether oxygens (including phenoxy) is 1. The molecule has 0 amide bonds. The summed E-state index contributed by atoms with van der Waals surface area (Å²) in [6.07, 6.45) is 8.96. The molecule has 0 fully saturated rings. The van der Waals surface area contributed by atoms with Gasteiger partial charge < -0.3 is 9.30 Å². The van der Waals surface area contributed by atoms with Gasteiger partial charge in [0.15, 0.2) is 0 Å². The van der Waals surface area contributed by atoms with Gasteiger partial charge in [0, 0.05) is 29.0 Å². The van der Waals surface area contributed by atoms with Crippen LogP contribution >= 0.6 is 35.0 Å². The largest absolute Gasteiger partial charge is 0.453 e. The Labute approximate surface area is 178 Å². The van der Waals surface area contributed by atoms with Gasteiger partial charge >= 0.3 is 5.30 Å². The van der Waals surface area contributed by atoms with E-state index in [0.717, 1.165) is 22.9 Å². The van der Waals surface area contributed by atoms with E-state index in [2.05, 4.69) is 4.98 Å². The number of carbonyl (C=O) groups is 1. The van der Waals surface area contributed by atoms with E-state index in [1.54, 1.807) is 24.7 Å². The second-order valence-electron chi connectivity index (χ2n) is 5.91. The number of carbonyl (C=O) groups excluding carboxylic acids is 1. The van der Waals surface area contributed by atoms with Crippen LogP contribution in [0.2, 0.25) is 10.0 Å². The van der Waals surface area contributed by atoms with Crippen molar-refractivity contribution in [1.29, 1.82) is 0 Å². The zero-order valence-electron chi connectivity index (χ0n) is 14.9. The van der Waals surface area contributed by atoms with Crippen molar-refractivity contribution in [3.63, 3.8) is 0 Å². The highest BCUT2D eigenvalue weighted by Crippen LogP contribution is 2.37. The van der Waals surface area contributed by atoms with Crippen LogP contribution in [-0.4, -0.2) is 21.5 Å². The summed E-state index contributed by atoms with van der Waals surface area (Å²) < 4.78 is 7.24. The molecule has 1 unspecified atom stereocenters. The van der Waals surface area contributed by atoms with Gasteiger partial charge in [-0.2, -0.15) is 0 Å². The third kappa shape index (κ3) is 6.16. The minimum Gasteiger partial charge on any atom is -0.453 e. The molecule has 0 spiro atoms. The lowest BCUT2D eigenvalue weighted by Crippen LogP contribution is -2.09. The van der Waals surface area contributed by atoms with Crippen molar-refractivity contribution in [3.05, 3.63) is 94.5 Å². The molecule has 0 saturated heterocycles. The molecule has 0 aliphatic heterocycles. The first kappa shape index (κ1) is 20.5. The summed E-state index contributed by atoms with van der Waals surface area (Å²) in [5.74, 6) is 0. The summed E-state index contributed by atoms with van der Waals surface area (Å²) in [7, 11) is 0. The number of imidazole rings is 1. The van der Waals surface area contributed by atoms with Crippen LogP contribution < -0.4 is 0 Å². The van der Waals surface area contributed by atoms with E-state index in [1.807, 2.05) is 59.3 Å². The predicted octanol–water partition coefficient (Wildman–Crippen LogP) is 6.51. The quantitative estimate of drug-likeness (QED) is 0.398. The van der Waals surface area contributed by atoms with Gasteiger partial charge in [-0.05, 0) is 41.1 Å². The lowest BCUT2D eigenvalue weighted by atomic mass is 10.1. The summed E-state index contributed by atoms with van der Waals surface area (Å²) >= 11 is 13.4. The van der Waals surface area contributed by atoms with Crippen molar-refractivity contribution in [3.8, 4) is 0 Å². The number of benzene rings is 2. The second-order valence-corrected chi connectivity index (χ2v) is 7.89. The van der Waals surface area contributed by atoms with Gasteiger partial charge in [0.2, 0.25) is 0 Å². The fourth-order valence-corrected chi connectivity index (χ4v) is 4.12. The van der Waals surface area contributed by atoms with Gasteiger partial charge in [0.05, 0.1) is 11.6 Å². The maximum Gasteiger partial charge on any atom is 0.368 e. The standard InChI is InChI=1S/C21H18Cl2N2O2S/c22-17-8-9-18(19(23)13-17)20(14-25-11-10-24-15-25)28-21(26)27-12-4-7-16-5-2-1-3-6-16/h1-11,13,15,20H,12,14H2. The third-order valence-corrected chi connectivity index (χ3v) is 5.45. The predicted molar refractivity (Wildman–Crippen MR) is 116 cm³/mol. The van der Waals surface area contributed by atoms with Gasteiger partial charge in [0.1, 0.15) is 6.61 Å². The lowest BCUT2D eigenvalue weighted by Gasteiger charge is -2.18. The fourth-order valence-electron chi connectivity index (χ4n) is 2.56. The molecule has 4 nitrogen and oxygen atoms in total. The topological polar surface area (TPSA) is 44.1 Å². The van der Waals surface area contributed by atoms with Crippen LogP contribution in [0.1, 0.15) is 16.4 Å². The molecule has 28 heavy (non-hydrogen) atoms. The molecule has 0 aliphatic rings. The number of rotatable bonds is 7. The molecule has 0 aliphatic carbocycles. The summed E-state index contributed by atoms with van der Waals surface area (Å²) in [6.45, 7) is 0.730. The summed E-state index contributed by atoms with van der Waals surface area (Å²) in [5, 5.41) is 0.467. The van der Waals surface area contributed by atoms with Crippen LogP contribution in [0.5, 0.6) is 0 Å². The molecule has 1 heterocycles. The summed E-state index contributed by atoms with van der Waals surface area (Å²) in [4.78, 5) is 16.4. The van der Waals surface area contributed by atoms with Crippen LogP contribution in [-0.2, 0) is 11.3 Å². The van der Waals surface area contributed by atoms with Crippen molar-refractivity contribution in [2.24, 2.45) is 0 Å². The van der Waals surface area contributed by atoms with E-state index in [-0.39, 0.29) is 17.2 Å². The maximum absolute atomic E-state index is 12.4. The number of halogens is 2. The zero-order chi connectivity index (χ0) is 19.8. The van der Waals surface area contributed by atoms with E-state index < -0.39 is 0 Å². The SMILES string of the molecule is O=C(OCC=Cc1ccccc1)SC(Cn1ccnc1)c1ccc(Cl)cc1Cl. The lowest BCUT2D eigenvalue weighted by molar-refractivity contribution is 0.187. The van der Waals surface area contributed by atoms with E-state index in [1.165, 1.54) is 0 Å². The van der Waals surface area contributed by atoms with Crippen molar-refractivity contribution in [2.45, 2.75) is 11.8 Å². The van der Waals surface area contributed by atoms with E-state index in [9.17, 15) is 4.79 Å². The minimum absolute atomic E-state index is 0.201. The molecule has 3 aromatic rings. The summed E-state index contributed by atoms with van der Waals surface area (Å²) in [5.41, 5.74) is 1.87. The van der Waals surface area contributed by atoms with Crippen LogP contribution in [0, 0.1) is 0 Å². The molecule has 3 rings (SSSR count). The van der Waals surface area contributed by atoms with E-state index in [0.29, 0.717) is 16.6 Å². The fraction of sp³-hybridized carbons (Fsp3) is 0.143. The van der Waals surface area contributed by atoms with Gasteiger partial charge in [-0.25, -0.2) is 9.78 Å². The van der Waals surface area contributed by atoms with Gasteiger partial charge in [-0.1, -0.05) is 65.7 Å². The average molecular weight is 433 g/mol. The normalized spacial score (nSPS) is 12.2. The van der Waals surface area contributed by atoms with Crippen LogP contribution in [0.4, 0.5) is 4.79 Å². The smallest absolute Gasteiger partial charge is 0.368 e. The molecular weight excluding hydrogens is 415 g/mol. The molecule has 0 bridgehead atoms.